The van der Waals surface area contributed by atoms with Gasteiger partial charge in [-0.2, -0.15) is 0 Å². The zero-order valence-electron chi connectivity index (χ0n) is 11.6. The van der Waals surface area contributed by atoms with Gasteiger partial charge in [0.25, 0.3) is 0 Å². The van der Waals surface area contributed by atoms with E-state index in [0.717, 1.165) is 12.8 Å². The highest BCUT2D eigenvalue weighted by molar-refractivity contribution is 7.92. The predicted octanol–water partition coefficient (Wildman–Crippen LogP) is 0.314. The molecule has 106 valence electrons. The van der Waals surface area contributed by atoms with Crippen LogP contribution in [0.25, 0.3) is 0 Å². The van der Waals surface area contributed by atoms with Crippen molar-refractivity contribution in [3.05, 3.63) is 0 Å². The number of hydrogen-bond donors (Lipinski definition) is 2. The molecule has 2 atom stereocenters. The van der Waals surface area contributed by atoms with Gasteiger partial charge in [-0.05, 0) is 31.7 Å². The van der Waals surface area contributed by atoms with Crippen LogP contribution in [-0.4, -0.2) is 45.5 Å². The smallest absolute Gasteiger partial charge is 0.234 e. The Morgan fingerprint density at radius 1 is 1.33 bits per heavy atom. The average Bonchev–Trinajstić information content (AvgIpc) is 2.27. The van der Waals surface area contributed by atoms with E-state index in [1.54, 1.807) is 7.05 Å². The van der Waals surface area contributed by atoms with Crippen molar-refractivity contribution in [1.82, 2.24) is 10.6 Å². The van der Waals surface area contributed by atoms with E-state index >= 15 is 0 Å². The molecule has 6 heteroatoms. The second-order valence-corrected chi connectivity index (χ2v) is 8.04. The van der Waals surface area contributed by atoms with Crippen LogP contribution in [0.4, 0.5) is 0 Å². The third-order valence-corrected chi connectivity index (χ3v) is 5.86. The molecule has 1 aliphatic rings. The highest BCUT2D eigenvalue weighted by Gasteiger charge is 2.41. The van der Waals surface area contributed by atoms with E-state index in [1.807, 2.05) is 0 Å². The van der Waals surface area contributed by atoms with Crippen molar-refractivity contribution < 1.29 is 13.2 Å². The summed E-state index contributed by atoms with van der Waals surface area (Å²) in [6, 6.07) is -0.0484. The summed E-state index contributed by atoms with van der Waals surface area (Å²) in [6.45, 7) is 4.17. The normalized spacial score (nSPS) is 27.8. The maximum atomic E-state index is 12.3. The molecule has 1 rings (SSSR count). The Balaban J connectivity index is 2.91. The van der Waals surface area contributed by atoms with Crippen molar-refractivity contribution in [3.63, 3.8) is 0 Å². The van der Waals surface area contributed by atoms with Gasteiger partial charge in [0.15, 0.2) is 9.84 Å². The predicted molar refractivity (Wildman–Crippen MR) is 72.1 cm³/mol. The molecule has 2 unspecified atom stereocenters. The van der Waals surface area contributed by atoms with Gasteiger partial charge in [0.1, 0.15) is 5.75 Å². The molecule has 1 fully saturated rings. The van der Waals surface area contributed by atoms with E-state index in [1.165, 1.54) is 7.05 Å². The highest BCUT2D eigenvalue weighted by atomic mass is 32.2. The van der Waals surface area contributed by atoms with Gasteiger partial charge in [0.05, 0.1) is 5.25 Å². The SMILES string of the molecule is CNC(=O)CS(=O)(=O)C1CC(C)(C)CCC1NC. The van der Waals surface area contributed by atoms with Crippen LogP contribution < -0.4 is 10.6 Å². The molecule has 5 nitrogen and oxygen atoms in total. The van der Waals surface area contributed by atoms with Crippen molar-refractivity contribution in [2.24, 2.45) is 5.41 Å². The molecule has 0 aliphatic heterocycles. The van der Waals surface area contributed by atoms with Gasteiger partial charge in [-0.1, -0.05) is 13.8 Å². The molecule has 0 radical (unpaired) electrons. The summed E-state index contributed by atoms with van der Waals surface area (Å²) in [6.07, 6.45) is 2.45. The number of sulfone groups is 1. The van der Waals surface area contributed by atoms with E-state index in [9.17, 15) is 13.2 Å². The first-order valence-electron chi connectivity index (χ1n) is 6.31. The number of amides is 1. The van der Waals surface area contributed by atoms with Gasteiger partial charge < -0.3 is 10.6 Å². The molecule has 1 saturated carbocycles. The summed E-state index contributed by atoms with van der Waals surface area (Å²) < 4.78 is 24.6. The fourth-order valence-electron chi connectivity index (χ4n) is 2.59. The second kappa shape index (κ2) is 5.57. The summed E-state index contributed by atoms with van der Waals surface area (Å²) in [5.74, 6) is -0.851. The number of hydrogen-bond acceptors (Lipinski definition) is 4. The Morgan fingerprint density at radius 2 is 1.94 bits per heavy atom. The molecule has 0 saturated heterocycles. The minimum absolute atomic E-state index is 0.0216. The molecule has 0 aromatic heterocycles. The fourth-order valence-corrected chi connectivity index (χ4v) is 4.79. The highest BCUT2D eigenvalue weighted by Crippen LogP contribution is 2.38. The van der Waals surface area contributed by atoms with Gasteiger partial charge >= 0.3 is 0 Å². The molecule has 18 heavy (non-hydrogen) atoms. The quantitative estimate of drug-likeness (QED) is 0.775. The summed E-state index contributed by atoms with van der Waals surface area (Å²) in [4.78, 5) is 11.3. The molecule has 0 aromatic carbocycles. The van der Waals surface area contributed by atoms with Crippen LogP contribution in [0.2, 0.25) is 0 Å². The zero-order chi connectivity index (χ0) is 14.0. The number of nitrogens with one attached hydrogen (secondary N) is 2. The third kappa shape index (κ3) is 3.68. The maximum Gasteiger partial charge on any atom is 0.234 e. The van der Waals surface area contributed by atoms with Gasteiger partial charge in [0.2, 0.25) is 5.91 Å². The van der Waals surface area contributed by atoms with E-state index in [4.69, 9.17) is 0 Å². The summed E-state index contributed by atoms with van der Waals surface area (Å²) in [5.41, 5.74) is 0.0216. The number of carbonyl (C=O) groups is 1. The van der Waals surface area contributed by atoms with Crippen molar-refractivity contribution in [1.29, 1.82) is 0 Å². The lowest BCUT2D eigenvalue weighted by atomic mass is 9.75. The van der Waals surface area contributed by atoms with Crippen LogP contribution in [0.3, 0.4) is 0 Å². The molecule has 0 bridgehead atoms. The Hall–Kier alpha value is -0.620. The Labute approximate surface area is 110 Å². The first kappa shape index (κ1) is 15.4. The standard InChI is InChI=1S/C12H24N2O3S/c1-12(2)6-5-9(13-3)10(7-12)18(16,17)8-11(15)14-4/h9-10,13H,5-8H2,1-4H3,(H,14,15). The average molecular weight is 276 g/mol. The molecule has 2 N–H and O–H groups in total. The van der Waals surface area contributed by atoms with Crippen LogP contribution in [0.5, 0.6) is 0 Å². The lowest BCUT2D eigenvalue weighted by Crippen LogP contribution is -2.50. The van der Waals surface area contributed by atoms with Crippen molar-refractivity contribution in [3.8, 4) is 0 Å². The Kier molecular flexibility index (Phi) is 4.78. The first-order chi connectivity index (χ1) is 8.22. The Bertz CT molecular complexity index is 404. The van der Waals surface area contributed by atoms with Crippen molar-refractivity contribution >= 4 is 15.7 Å². The summed E-state index contributed by atoms with van der Waals surface area (Å²) >= 11 is 0. The molecular formula is C12H24N2O3S. The molecule has 0 spiro atoms. The van der Waals surface area contributed by atoms with E-state index in [2.05, 4.69) is 24.5 Å². The van der Waals surface area contributed by atoms with Crippen molar-refractivity contribution in [2.75, 3.05) is 19.8 Å². The number of rotatable bonds is 4. The molecular weight excluding hydrogens is 252 g/mol. The van der Waals surface area contributed by atoms with E-state index in [0.29, 0.717) is 6.42 Å². The van der Waals surface area contributed by atoms with E-state index in [-0.39, 0.29) is 11.5 Å². The largest absolute Gasteiger partial charge is 0.358 e. The lowest BCUT2D eigenvalue weighted by molar-refractivity contribution is -0.118. The number of carbonyl (C=O) groups excluding carboxylic acids is 1. The maximum absolute atomic E-state index is 12.3. The molecule has 0 aromatic rings. The monoisotopic (exact) mass is 276 g/mol. The minimum atomic E-state index is -3.40. The molecule has 1 amide bonds. The fraction of sp³-hybridized carbons (Fsp3) is 0.917. The van der Waals surface area contributed by atoms with Gasteiger partial charge in [-0.25, -0.2) is 8.42 Å². The first-order valence-corrected chi connectivity index (χ1v) is 8.03. The third-order valence-electron chi connectivity index (χ3n) is 3.78. The van der Waals surface area contributed by atoms with Gasteiger partial charge in [-0.15, -0.1) is 0 Å². The lowest BCUT2D eigenvalue weighted by Gasteiger charge is -2.40. The van der Waals surface area contributed by atoms with Crippen LogP contribution in [0.1, 0.15) is 33.1 Å². The van der Waals surface area contributed by atoms with Crippen LogP contribution in [0, 0.1) is 5.41 Å². The van der Waals surface area contributed by atoms with Gasteiger partial charge in [-0.3, -0.25) is 4.79 Å². The van der Waals surface area contributed by atoms with Gasteiger partial charge in [0, 0.05) is 13.1 Å². The second-order valence-electron chi connectivity index (χ2n) is 5.82. The van der Waals surface area contributed by atoms with Crippen LogP contribution in [0.15, 0.2) is 0 Å². The van der Waals surface area contributed by atoms with Crippen LogP contribution in [-0.2, 0) is 14.6 Å². The summed E-state index contributed by atoms with van der Waals surface area (Å²) in [5, 5.41) is 4.98. The zero-order valence-corrected chi connectivity index (χ0v) is 12.4. The summed E-state index contributed by atoms with van der Waals surface area (Å²) in [7, 11) is -0.162. The van der Waals surface area contributed by atoms with Crippen LogP contribution >= 0.6 is 0 Å². The topological polar surface area (TPSA) is 75.3 Å². The minimum Gasteiger partial charge on any atom is -0.358 e. The molecule has 0 heterocycles. The Morgan fingerprint density at radius 3 is 2.44 bits per heavy atom. The van der Waals surface area contributed by atoms with E-state index < -0.39 is 26.7 Å². The molecule has 1 aliphatic carbocycles. The van der Waals surface area contributed by atoms with Crippen molar-refractivity contribution in [2.45, 2.75) is 44.4 Å².